The van der Waals surface area contributed by atoms with Crippen LogP contribution in [-0.2, 0) is 23.7 Å². The van der Waals surface area contributed by atoms with E-state index >= 15 is 0 Å². The molecular formula is C12H20O5. The van der Waals surface area contributed by atoms with Gasteiger partial charge in [0, 0.05) is 12.8 Å². The van der Waals surface area contributed by atoms with Crippen molar-refractivity contribution in [3.63, 3.8) is 0 Å². The Hall–Kier alpha value is -0.650. The third-order valence-electron chi connectivity index (χ3n) is 3.02. The maximum Gasteiger partial charge on any atom is 0.335 e. The van der Waals surface area contributed by atoms with Crippen LogP contribution in [0.1, 0.15) is 33.6 Å². The minimum absolute atomic E-state index is 0.334. The van der Waals surface area contributed by atoms with Gasteiger partial charge in [-0.05, 0) is 20.8 Å². The van der Waals surface area contributed by atoms with Crippen LogP contribution in [0.15, 0.2) is 0 Å². The van der Waals surface area contributed by atoms with Crippen molar-refractivity contribution in [1.29, 1.82) is 0 Å². The molecule has 2 aliphatic rings. The fourth-order valence-electron chi connectivity index (χ4n) is 2.56. The summed E-state index contributed by atoms with van der Waals surface area (Å²) in [6.07, 6.45) is 0.447. The number of rotatable bonds is 2. The SMILES string of the molecule is CCOC(=O)C1CC2(CC(C)(C)O1)OCCO2. The van der Waals surface area contributed by atoms with Gasteiger partial charge in [0.1, 0.15) is 0 Å². The van der Waals surface area contributed by atoms with Crippen molar-refractivity contribution in [1.82, 2.24) is 0 Å². The van der Waals surface area contributed by atoms with Gasteiger partial charge in [0.25, 0.3) is 0 Å². The monoisotopic (exact) mass is 244 g/mol. The highest BCUT2D eigenvalue weighted by Gasteiger charge is 2.51. The summed E-state index contributed by atoms with van der Waals surface area (Å²) in [4.78, 5) is 11.8. The molecule has 0 radical (unpaired) electrons. The van der Waals surface area contributed by atoms with E-state index in [1.165, 1.54) is 0 Å². The Labute approximate surface area is 101 Å². The molecule has 2 heterocycles. The number of ether oxygens (including phenoxy) is 4. The third kappa shape index (κ3) is 2.78. The molecule has 1 unspecified atom stereocenters. The lowest BCUT2D eigenvalue weighted by molar-refractivity contribution is -0.264. The number of hydrogen-bond donors (Lipinski definition) is 0. The normalized spacial score (nSPS) is 30.4. The van der Waals surface area contributed by atoms with Gasteiger partial charge in [-0.15, -0.1) is 0 Å². The fraction of sp³-hybridized carbons (Fsp3) is 0.917. The first-order chi connectivity index (χ1) is 7.96. The van der Waals surface area contributed by atoms with E-state index in [1.54, 1.807) is 6.92 Å². The van der Waals surface area contributed by atoms with Crippen molar-refractivity contribution in [2.24, 2.45) is 0 Å². The minimum Gasteiger partial charge on any atom is -0.464 e. The zero-order valence-electron chi connectivity index (χ0n) is 10.7. The minimum atomic E-state index is -0.667. The first kappa shape index (κ1) is 12.8. The Morgan fingerprint density at radius 3 is 2.59 bits per heavy atom. The second-order valence-corrected chi connectivity index (χ2v) is 5.11. The lowest BCUT2D eigenvalue weighted by Crippen LogP contribution is -2.53. The Kier molecular flexibility index (Phi) is 3.43. The standard InChI is InChI=1S/C12H20O5/c1-4-14-10(13)9-7-12(15-5-6-16-12)8-11(2,3)17-9/h9H,4-8H2,1-3H3. The molecule has 98 valence electrons. The van der Waals surface area contributed by atoms with Gasteiger partial charge in [0.05, 0.1) is 25.4 Å². The molecule has 0 aromatic rings. The van der Waals surface area contributed by atoms with Crippen molar-refractivity contribution in [2.75, 3.05) is 19.8 Å². The Morgan fingerprint density at radius 1 is 1.35 bits per heavy atom. The van der Waals surface area contributed by atoms with E-state index < -0.39 is 17.5 Å². The van der Waals surface area contributed by atoms with Crippen LogP contribution in [0.3, 0.4) is 0 Å². The van der Waals surface area contributed by atoms with Gasteiger partial charge in [-0.2, -0.15) is 0 Å². The molecule has 0 aromatic carbocycles. The van der Waals surface area contributed by atoms with Crippen LogP contribution in [-0.4, -0.2) is 43.3 Å². The van der Waals surface area contributed by atoms with E-state index in [1.807, 2.05) is 13.8 Å². The summed E-state index contributed by atoms with van der Waals surface area (Å²) in [6.45, 7) is 7.16. The second kappa shape index (κ2) is 4.55. The van der Waals surface area contributed by atoms with E-state index in [2.05, 4.69) is 0 Å². The van der Waals surface area contributed by atoms with Crippen LogP contribution in [0.4, 0.5) is 0 Å². The summed E-state index contributed by atoms with van der Waals surface area (Å²) in [5.74, 6) is -1.00. The molecule has 2 aliphatic heterocycles. The lowest BCUT2D eigenvalue weighted by atomic mass is 9.89. The molecular weight excluding hydrogens is 224 g/mol. The maximum absolute atomic E-state index is 11.8. The topological polar surface area (TPSA) is 54.0 Å². The predicted octanol–water partition coefficient (Wildman–Crippen LogP) is 1.25. The largest absolute Gasteiger partial charge is 0.464 e. The zero-order valence-corrected chi connectivity index (χ0v) is 10.7. The fourth-order valence-corrected chi connectivity index (χ4v) is 2.56. The van der Waals surface area contributed by atoms with E-state index in [4.69, 9.17) is 18.9 Å². The molecule has 1 spiro atoms. The quantitative estimate of drug-likeness (QED) is 0.684. The van der Waals surface area contributed by atoms with Crippen LogP contribution in [0, 0.1) is 0 Å². The van der Waals surface area contributed by atoms with E-state index in [0.717, 1.165) is 0 Å². The molecule has 2 saturated heterocycles. The number of carbonyl (C=O) groups is 1. The van der Waals surface area contributed by atoms with Crippen molar-refractivity contribution < 1.29 is 23.7 Å². The summed E-state index contributed by atoms with van der Waals surface area (Å²) in [6, 6.07) is 0. The highest BCUT2D eigenvalue weighted by atomic mass is 16.7. The molecule has 17 heavy (non-hydrogen) atoms. The molecule has 5 nitrogen and oxygen atoms in total. The molecule has 2 fully saturated rings. The molecule has 0 saturated carbocycles. The maximum atomic E-state index is 11.8. The summed E-state index contributed by atoms with van der Waals surface area (Å²) < 4.78 is 22.1. The van der Waals surface area contributed by atoms with Gasteiger partial charge in [0.2, 0.25) is 0 Å². The van der Waals surface area contributed by atoms with Gasteiger partial charge < -0.3 is 18.9 Å². The Morgan fingerprint density at radius 2 is 2.00 bits per heavy atom. The van der Waals surface area contributed by atoms with E-state index in [9.17, 15) is 4.79 Å². The molecule has 0 bridgehead atoms. The number of carbonyl (C=O) groups excluding carboxylic acids is 1. The molecule has 5 heteroatoms. The van der Waals surface area contributed by atoms with Gasteiger partial charge in [-0.25, -0.2) is 4.79 Å². The molecule has 0 amide bonds. The smallest absolute Gasteiger partial charge is 0.335 e. The molecule has 0 aliphatic carbocycles. The Bertz CT molecular complexity index is 293. The van der Waals surface area contributed by atoms with Crippen LogP contribution in [0.25, 0.3) is 0 Å². The first-order valence-electron chi connectivity index (χ1n) is 6.09. The number of esters is 1. The summed E-state index contributed by atoms with van der Waals surface area (Å²) >= 11 is 0. The van der Waals surface area contributed by atoms with Gasteiger partial charge in [-0.3, -0.25) is 0 Å². The summed E-state index contributed by atoms with van der Waals surface area (Å²) in [5, 5.41) is 0. The average Bonchev–Trinajstić information content (AvgIpc) is 2.63. The lowest BCUT2D eigenvalue weighted by Gasteiger charge is -2.43. The highest BCUT2D eigenvalue weighted by molar-refractivity contribution is 5.75. The van der Waals surface area contributed by atoms with E-state index in [0.29, 0.717) is 32.7 Å². The van der Waals surface area contributed by atoms with Gasteiger partial charge >= 0.3 is 5.97 Å². The second-order valence-electron chi connectivity index (χ2n) is 5.11. The van der Waals surface area contributed by atoms with Crippen molar-refractivity contribution in [2.45, 2.75) is 51.1 Å². The van der Waals surface area contributed by atoms with Gasteiger partial charge in [-0.1, -0.05) is 0 Å². The molecule has 1 atom stereocenters. The van der Waals surface area contributed by atoms with Crippen LogP contribution < -0.4 is 0 Å². The van der Waals surface area contributed by atoms with Crippen LogP contribution in [0.2, 0.25) is 0 Å². The highest BCUT2D eigenvalue weighted by Crippen LogP contribution is 2.41. The van der Waals surface area contributed by atoms with Crippen molar-refractivity contribution in [3.05, 3.63) is 0 Å². The Balaban J connectivity index is 2.10. The average molecular weight is 244 g/mol. The van der Waals surface area contributed by atoms with Crippen molar-refractivity contribution >= 4 is 5.97 Å². The zero-order chi connectivity index (χ0) is 12.5. The molecule has 2 rings (SSSR count). The van der Waals surface area contributed by atoms with Crippen molar-refractivity contribution in [3.8, 4) is 0 Å². The summed E-state index contributed by atoms with van der Waals surface area (Å²) in [5.41, 5.74) is -0.444. The van der Waals surface area contributed by atoms with Crippen LogP contribution in [0.5, 0.6) is 0 Å². The molecule has 0 N–H and O–H groups in total. The predicted molar refractivity (Wildman–Crippen MR) is 59.5 cm³/mol. The summed E-state index contributed by atoms with van der Waals surface area (Å²) in [7, 11) is 0. The molecule has 0 aromatic heterocycles. The third-order valence-corrected chi connectivity index (χ3v) is 3.02. The first-order valence-corrected chi connectivity index (χ1v) is 6.09. The van der Waals surface area contributed by atoms with Crippen LogP contribution >= 0.6 is 0 Å². The number of hydrogen-bond acceptors (Lipinski definition) is 5. The van der Waals surface area contributed by atoms with E-state index in [-0.39, 0.29) is 5.97 Å². The van der Waals surface area contributed by atoms with Gasteiger partial charge in [0.15, 0.2) is 11.9 Å².